The summed E-state index contributed by atoms with van der Waals surface area (Å²) < 4.78 is 5.41. The molecule has 0 unspecified atom stereocenters. The van der Waals surface area contributed by atoms with E-state index in [0.717, 1.165) is 37.5 Å². The molecule has 5 rings (SSSR count). The van der Waals surface area contributed by atoms with Crippen LogP contribution in [0.3, 0.4) is 0 Å². The Morgan fingerprint density at radius 1 is 1.19 bits per heavy atom. The lowest BCUT2D eigenvalue weighted by Gasteiger charge is -2.27. The lowest BCUT2D eigenvalue weighted by molar-refractivity contribution is 0.245. The van der Waals surface area contributed by atoms with Crippen molar-refractivity contribution >= 4 is 22.7 Å². The molecule has 0 saturated heterocycles. The second kappa shape index (κ2) is 6.79. The largest absolute Gasteiger partial charge is 0.461 e. The molecule has 4 aromatic rings. The van der Waals surface area contributed by atoms with E-state index in [1.807, 2.05) is 29.7 Å². The van der Waals surface area contributed by atoms with Gasteiger partial charge in [-0.25, -0.2) is 9.97 Å². The van der Waals surface area contributed by atoms with Gasteiger partial charge < -0.3 is 4.42 Å². The first kappa shape index (κ1) is 15.9. The molecule has 1 aliphatic heterocycles. The van der Waals surface area contributed by atoms with Crippen LogP contribution >= 0.6 is 22.7 Å². The van der Waals surface area contributed by atoms with Crippen LogP contribution in [0.4, 0.5) is 0 Å². The minimum atomic E-state index is 0.681. The van der Waals surface area contributed by atoms with Crippen molar-refractivity contribution in [2.75, 3.05) is 6.54 Å². The van der Waals surface area contributed by atoms with E-state index in [9.17, 15) is 0 Å². The van der Waals surface area contributed by atoms with E-state index in [0.29, 0.717) is 5.82 Å². The molecule has 0 bridgehead atoms. The first-order valence-electron chi connectivity index (χ1n) is 8.57. The number of hydrogen-bond acceptors (Lipinski definition) is 6. The molecule has 0 radical (unpaired) electrons. The number of nitrogens with zero attached hydrogens (tertiary/aromatic N) is 3. The van der Waals surface area contributed by atoms with Crippen molar-refractivity contribution in [1.82, 2.24) is 14.9 Å². The van der Waals surface area contributed by atoms with Crippen LogP contribution in [0.5, 0.6) is 0 Å². The van der Waals surface area contributed by atoms with Crippen LogP contribution in [-0.2, 0) is 19.5 Å². The summed E-state index contributed by atoms with van der Waals surface area (Å²) in [5.74, 6) is 1.41. The average molecular weight is 380 g/mol. The number of hydrogen-bond donors (Lipinski definition) is 0. The van der Waals surface area contributed by atoms with Crippen molar-refractivity contribution in [3.63, 3.8) is 0 Å². The third-order valence-corrected chi connectivity index (χ3v) is 6.40. The Morgan fingerprint density at radius 2 is 2.19 bits per heavy atom. The third kappa shape index (κ3) is 3.11. The maximum absolute atomic E-state index is 5.41. The summed E-state index contributed by atoms with van der Waals surface area (Å²) in [7, 11) is 0. The highest BCUT2D eigenvalue weighted by atomic mass is 32.1. The highest BCUT2D eigenvalue weighted by molar-refractivity contribution is 7.16. The molecule has 0 spiro atoms. The van der Waals surface area contributed by atoms with Crippen molar-refractivity contribution in [1.29, 1.82) is 0 Å². The Kier molecular flexibility index (Phi) is 4.16. The summed E-state index contributed by atoms with van der Waals surface area (Å²) in [5, 5.41) is 4.34. The molecule has 130 valence electrons. The lowest BCUT2D eigenvalue weighted by Crippen LogP contribution is -2.30. The fraction of sp³-hybridized carbons (Fsp3) is 0.200. The standard InChI is InChI=1S/C20H17N3OS2/c1-2-18(24-8-1)20-21-10-15-11-23(7-5-17(15)22-20)12-16-3-4-19(26-16)14-6-9-25-13-14/h1-4,6,8-10,13H,5,7,11-12H2. The van der Waals surface area contributed by atoms with E-state index < -0.39 is 0 Å². The predicted molar refractivity (Wildman–Crippen MR) is 105 cm³/mol. The Balaban J connectivity index is 1.30. The maximum atomic E-state index is 5.41. The van der Waals surface area contributed by atoms with Crippen molar-refractivity contribution in [3.05, 3.63) is 69.7 Å². The molecule has 0 amide bonds. The van der Waals surface area contributed by atoms with Gasteiger partial charge in [-0.15, -0.1) is 11.3 Å². The predicted octanol–water partition coefficient (Wildman–Crippen LogP) is 5.08. The maximum Gasteiger partial charge on any atom is 0.195 e. The summed E-state index contributed by atoms with van der Waals surface area (Å²) in [6, 6.07) is 10.4. The number of furan rings is 1. The van der Waals surface area contributed by atoms with Crippen molar-refractivity contribution in [2.24, 2.45) is 0 Å². The van der Waals surface area contributed by atoms with Crippen LogP contribution in [0.25, 0.3) is 22.0 Å². The molecule has 4 nitrogen and oxygen atoms in total. The van der Waals surface area contributed by atoms with E-state index in [1.165, 1.54) is 20.9 Å². The summed E-state index contributed by atoms with van der Waals surface area (Å²) >= 11 is 3.63. The second-order valence-electron chi connectivity index (χ2n) is 6.38. The molecule has 0 saturated carbocycles. The molecule has 4 aromatic heterocycles. The van der Waals surface area contributed by atoms with Gasteiger partial charge >= 0.3 is 0 Å². The highest BCUT2D eigenvalue weighted by Gasteiger charge is 2.20. The molecule has 0 atom stereocenters. The van der Waals surface area contributed by atoms with Gasteiger partial charge in [-0.05, 0) is 41.1 Å². The lowest BCUT2D eigenvalue weighted by atomic mass is 10.1. The molecule has 26 heavy (non-hydrogen) atoms. The third-order valence-electron chi connectivity index (χ3n) is 4.60. The molecular weight excluding hydrogens is 362 g/mol. The van der Waals surface area contributed by atoms with Gasteiger partial charge in [0.1, 0.15) is 0 Å². The summed E-state index contributed by atoms with van der Waals surface area (Å²) in [4.78, 5) is 14.4. The molecule has 6 heteroatoms. The van der Waals surface area contributed by atoms with Crippen LogP contribution in [0, 0.1) is 0 Å². The molecule has 0 aromatic carbocycles. The van der Waals surface area contributed by atoms with E-state index in [2.05, 4.69) is 38.8 Å². The SMILES string of the molecule is c1coc(-c2ncc3c(n2)CCN(Cc2ccc(-c4ccsc4)s2)C3)c1. The van der Waals surface area contributed by atoms with Gasteiger partial charge in [0.05, 0.1) is 12.0 Å². The van der Waals surface area contributed by atoms with Crippen molar-refractivity contribution in [2.45, 2.75) is 19.5 Å². The van der Waals surface area contributed by atoms with Gasteiger partial charge in [0, 0.05) is 53.1 Å². The normalized spacial score (nSPS) is 14.5. The van der Waals surface area contributed by atoms with Crippen molar-refractivity contribution < 1.29 is 4.42 Å². The van der Waals surface area contributed by atoms with Crippen molar-refractivity contribution in [3.8, 4) is 22.0 Å². The second-order valence-corrected chi connectivity index (χ2v) is 8.33. The fourth-order valence-electron chi connectivity index (χ4n) is 3.28. The Bertz CT molecular complexity index is 1010. The molecule has 0 N–H and O–H groups in total. The van der Waals surface area contributed by atoms with Crippen LogP contribution in [0.2, 0.25) is 0 Å². The number of rotatable bonds is 4. The van der Waals surface area contributed by atoms with Crippen LogP contribution in [0.1, 0.15) is 16.1 Å². The quantitative estimate of drug-likeness (QED) is 0.496. The molecule has 5 heterocycles. The van der Waals surface area contributed by atoms with E-state index in [4.69, 9.17) is 9.40 Å². The van der Waals surface area contributed by atoms with E-state index in [-0.39, 0.29) is 0 Å². The zero-order chi connectivity index (χ0) is 17.3. The molecule has 0 aliphatic carbocycles. The number of thiophene rings is 2. The topological polar surface area (TPSA) is 42.2 Å². The number of aromatic nitrogens is 2. The highest BCUT2D eigenvalue weighted by Crippen LogP contribution is 2.31. The van der Waals surface area contributed by atoms with E-state index in [1.54, 1.807) is 17.6 Å². The van der Waals surface area contributed by atoms with Gasteiger partial charge in [0.2, 0.25) is 0 Å². The zero-order valence-electron chi connectivity index (χ0n) is 14.1. The van der Waals surface area contributed by atoms with Crippen LogP contribution in [-0.4, -0.2) is 21.4 Å². The Morgan fingerprint density at radius 3 is 3.04 bits per heavy atom. The van der Waals surface area contributed by atoms with Gasteiger partial charge in [-0.3, -0.25) is 4.90 Å². The Labute approximate surface area is 159 Å². The number of fused-ring (bicyclic) bond motifs is 1. The summed E-state index contributed by atoms with van der Waals surface area (Å²) in [6.45, 7) is 2.90. The van der Waals surface area contributed by atoms with Crippen LogP contribution in [0.15, 0.2) is 58.0 Å². The van der Waals surface area contributed by atoms with E-state index >= 15 is 0 Å². The first-order chi connectivity index (χ1) is 12.8. The zero-order valence-corrected chi connectivity index (χ0v) is 15.7. The first-order valence-corrected chi connectivity index (χ1v) is 10.3. The van der Waals surface area contributed by atoms with Gasteiger partial charge in [-0.1, -0.05) is 0 Å². The monoisotopic (exact) mass is 379 g/mol. The molecule has 1 aliphatic rings. The molecular formula is C20H17N3OS2. The summed E-state index contributed by atoms with van der Waals surface area (Å²) in [5.41, 5.74) is 3.70. The minimum absolute atomic E-state index is 0.681. The van der Waals surface area contributed by atoms with Gasteiger partial charge in [0.15, 0.2) is 11.6 Å². The fourth-order valence-corrected chi connectivity index (χ4v) is 5.05. The smallest absolute Gasteiger partial charge is 0.195 e. The van der Waals surface area contributed by atoms with Gasteiger partial charge in [-0.2, -0.15) is 11.3 Å². The van der Waals surface area contributed by atoms with Gasteiger partial charge in [0.25, 0.3) is 0 Å². The molecule has 0 fully saturated rings. The minimum Gasteiger partial charge on any atom is -0.461 e. The van der Waals surface area contributed by atoms with Crippen LogP contribution < -0.4 is 0 Å². The Hall–Kier alpha value is -2.28. The summed E-state index contributed by atoms with van der Waals surface area (Å²) in [6.07, 6.45) is 4.57. The average Bonchev–Trinajstić information content (AvgIpc) is 3.42.